The van der Waals surface area contributed by atoms with E-state index in [1.165, 1.54) is 11.1 Å². The van der Waals surface area contributed by atoms with Crippen LogP contribution in [0, 0.1) is 0 Å². The van der Waals surface area contributed by atoms with E-state index in [2.05, 4.69) is 17.1 Å². The summed E-state index contributed by atoms with van der Waals surface area (Å²) in [4.78, 5) is 4.00. The van der Waals surface area contributed by atoms with Crippen LogP contribution in [0.1, 0.15) is 24.5 Å². The number of aryl methyl sites for hydroxylation is 1. The first-order valence-electron chi connectivity index (χ1n) is 7.10. The lowest BCUT2D eigenvalue weighted by Crippen LogP contribution is -2.15. The third-order valence-corrected chi connectivity index (χ3v) is 3.22. The molecule has 0 aliphatic carbocycles. The normalized spacial score (nSPS) is 12.1. The number of aromatic nitrogens is 1. The molecule has 1 unspecified atom stereocenters. The van der Waals surface area contributed by atoms with Crippen LogP contribution in [0.2, 0.25) is 0 Å². The second-order valence-corrected chi connectivity index (χ2v) is 5.11. The Labute approximate surface area is 120 Å². The van der Waals surface area contributed by atoms with Gasteiger partial charge in [0.1, 0.15) is 5.75 Å². The number of rotatable bonds is 7. The molecule has 106 valence electrons. The van der Waals surface area contributed by atoms with E-state index in [-0.39, 0.29) is 6.04 Å². The number of hydrogen-bond donors (Lipinski definition) is 1. The van der Waals surface area contributed by atoms with Crippen LogP contribution in [0.4, 0.5) is 0 Å². The predicted octanol–water partition coefficient (Wildman–Crippen LogP) is 2.98. The number of benzene rings is 1. The summed E-state index contributed by atoms with van der Waals surface area (Å²) in [5, 5.41) is 0. The molecule has 1 aromatic carbocycles. The van der Waals surface area contributed by atoms with Gasteiger partial charge in [0.15, 0.2) is 0 Å². The summed E-state index contributed by atoms with van der Waals surface area (Å²) < 4.78 is 5.75. The lowest BCUT2D eigenvalue weighted by atomic mass is 10.1. The van der Waals surface area contributed by atoms with Gasteiger partial charge < -0.3 is 10.5 Å². The van der Waals surface area contributed by atoms with E-state index in [9.17, 15) is 0 Å². The van der Waals surface area contributed by atoms with E-state index in [0.717, 1.165) is 25.0 Å². The van der Waals surface area contributed by atoms with Crippen LogP contribution in [-0.4, -0.2) is 17.6 Å². The summed E-state index contributed by atoms with van der Waals surface area (Å²) in [6.45, 7) is 2.72. The van der Waals surface area contributed by atoms with Crippen LogP contribution in [0.3, 0.4) is 0 Å². The minimum Gasteiger partial charge on any atom is -0.493 e. The number of pyridine rings is 1. The topological polar surface area (TPSA) is 48.1 Å². The average Bonchev–Trinajstić information content (AvgIpc) is 2.47. The Morgan fingerprint density at radius 1 is 1.00 bits per heavy atom. The van der Waals surface area contributed by atoms with Crippen LogP contribution >= 0.6 is 0 Å². The van der Waals surface area contributed by atoms with Gasteiger partial charge in [-0.25, -0.2) is 0 Å². The molecule has 0 fully saturated rings. The SMILES string of the molecule is CC(N)CCc1ccc(OCCc2ccncc2)cc1. The maximum absolute atomic E-state index is 5.76. The van der Waals surface area contributed by atoms with Crippen molar-refractivity contribution in [2.75, 3.05) is 6.61 Å². The fraction of sp³-hybridized carbons (Fsp3) is 0.353. The average molecular weight is 270 g/mol. The zero-order valence-corrected chi connectivity index (χ0v) is 12.0. The third-order valence-electron chi connectivity index (χ3n) is 3.22. The second-order valence-electron chi connectivity index (χ2n) is 5.11. The van der Waals surface area contributed by atoms with E-state index in [0.29, 0.717) is 6.61 Å². The van der Waals surface area contributed by atoms with Gasteiger partial charge in [0.25, 0.3) is 0 Å². The molecule has 20 heavy (non-hydrogen) atoms. The molecule has 0 aliphatic heterocycles. The monoisotopic (exact) mass is 270 g/mol. The molecule has 0 radical (unpaired) electrons. The molecule has 0 bridgehead atoms. The highest BCUT2D eigenvalue weighted by atomic mass is 16.5. The first-order valence-corrected chi connectivity index (χ1v) is 7.10. The maximum Gasteiger partial charge on any atom is 0.119 e. The van der Waals surface area contributed by atoms with Crippen molar-refractivity contribution in [2.24, 2.45) is 5.73 Å². The Bertz CT molecular complexity index is 494. The quantitative estimate of drug-likeness (QED) is 0.841. The minimum atomic E-state index is 0.256. The summed E-state index contributed by atoms with van der Waals surface area (Å²) in [5.41, 5.74) is 8.32. The number of nitrogens with zero attached hydrogens (tertiary/aromatic N) is 1. The van der Waals surface area contributed by atoms with E-state index in [1.807, 2.05) is 43.6 Å². The van der Waals surface area contributed by atoms with Gasteiger partial charge in [0, 0.05) is 24.9 Å². The van der Waals surface area contributed by atoms with Crippen molar-refractivity contribution in [1.82, 2.24) is 4.98 Å². The van der Waals surface area contributed by atoms with Crippen LogP contribution in [0.5, 0.6) is 5.75 Å². The van der Waals surface area contributed by atoms with Gasteiger partial charge in [-0.05, 0) is 55.2 Å². The van der Waals surface area contributed by atoms with E-state index in [4.69, 9.17) is 10.5 Å². The fourth-order valence-electron chi connectivity index (χ4n) is 1.98. The summed E-state index contributed by atoms with van der Waals surface area (Å²) >= 11 is 0. The highest BCUT2D eigenvalue weighted by molar-refractivity contribution is 5.27. The van der Waals surface area contributed by atoms with Crippen molar-refractivity contribution in [3.05, 3.63) is 59.9 Å². The van der Waals surface area contributed by atoms with E-state index in [1.54, 1.807) is 0 Å². The first kappa shape index (κ1) is 14.5. The van der Waals surface area contributed by atoms with Crippen molar-refractivity contribution in [3.63, 3.8) is 0 Å². The molecule has 1 aromatic heterocycles. The van der Waals surface area contributed by atoms with Gasteiger partial charge in [0.05, 0.1) is 6.61 Å². The van der Waals surface area contributed by atoms with E-state index < -0.39 is 0 Å². The lowest BCUT2D eigenvalue weighted by molar-refractivity contribution is 0.322. The highest BCUT2D eigenvalue weighted by Crippen LogP contribution is 2.14. The maximum atomic E-state index is 5.76. The predicted molar refractivity (Wildman–Crippen MR) is 81.8 cm³/mol. The van der Waals surface area contributed by atoms with Crippen molar-refractivity contribution in [3.8, 4) is 5.75 Å². The van der Waals surface area contributed by atoms with Gasteiger partial charge in [-0.1, -0.05) is 12.1 Å². The molecule has 0 spiro atoms. The van der Waals surface area contributed by atoms with Gasteiger partial charge in [-0.2, -0.15) is 0 Å². The van der Waals surface area contributed by atoms with Crippen molar-refractivity contribution in [1.29, 1.82) is 0 Å². The standard InChI is InChI=1S/C17H22N2O/c1-14(18)2-3-15-4-6-17(7-5-15)20-13-10-16-8-11-19-12-9-16/h4-9,11-12,14H,2-3,10,13,18H2,1H3. The van der Waals surface area contributed by atoms with Gasteiger partial charge in [-0.15, -0.1) is 0 Å². The first-order chi connectivity index (χ1) is 9.74. The zero-order valence-electron chi connectivity index (χ0n) is 12.0. The summed E-state index contributed by atoms with van der Waals surface area (Å²) in [6, 6.07) is 12.6. The van der Waals surface area contributed by atoms with Crippen molar-refractivity contribution >= 4 is 0 Å². The van der Waals surface area contributed by atoms with Crippen LogP contribution < -0.4 is 10.5 Å². The summed E-state index contributed by atoms with van der Waals surface area (Å²) in [7, 11) is 0. The smallest absolute Gasteiger partial charge is 0.119 e. The molecular weight excluding hydrogens is 248 g/mol. The molecule has 0 aliphatic rings. The van der Waals surface area contributed by atoms with Crippen LogP contribution in [0.25, 0.3) is 0 Å². The van der Waals surface area contributed by atoms with Gasteiger partial charge >= 0.3 is 0 Å². The Morgan fingerprint density at radius 3 is 2.30 bits per heavy atom. The third kappa shape index (κ3) is 5.02. The van der Waals surface area contributed by atoms with E-state index >= 15 is 0 Å². The number of ether oxygens (including phenoxy) is 1. The van der Waals surface area contributed by atoms with Gasteiger partial charge in [-0.3, -0.25) is 4.98 Å². The summed E-state index contributed by atoms with van der Waals surface area (Å²) in [6.07, 6.45) is 6.55. The fourth-order valence-corrected chi connectivity index (χ4v) is 1.98. The lowest BCUT2D eigenvalue weighted by Gasteiger charge is -2.08. The second kappa shape index (κ2) is 7.65. The molecule has 2 aromatic rings. The zero-order chi connectivity index (χ0) is 14.2. The molecule has 2 rings (SSSR count). The largest absolute Gasteiger partial charge is 0.493 e. The van der Waals surface area contributed by atoms with Crippen LogP contribution in [0.15, 0.2) is 48.8 Å². The molecule has 0 amide bonds. The van der Waals surface area contributed by atoms with Crippen molar-refractivity contribution < 1.29 is 4.74 Å². The molecule has 0 saturated heterocycles. The Morgan fingerprint density at radius 2 is 1.65 bits per heavy atom. The minimum absolute atomic E-state index is 0.256. The molecule has 2 N–H and O–H groups in total. The Kier molecular flexibility index (Phi) is 5.56. The van der Waals surface area contributed by atoms with Gasteiger partial charge in [0.2, 0.25) is 0 Å². The molecule has 1 heterocycles. The number of nitrogens with two attached hydrogens (primary N) is 1. The molecule has 0 saturated carbocycles. The molecular formula is C17H22N2O. The van der Waals surface area contributed by atoms with Crippen molar-refractivity contribution in [2.45, 2.75) is 32.2 Å². The molecule has 1 atom stereocenters. The Balaban J connectivity index is 1.76. The highest BCUT2D eigenvalue weighted by Gasteiger charge is 1.99. The van der Waals surface area contributed by atoms with Crippen LogP contribution in [-0.2, 0) is 12.8 Å². The summed E-state index contributed by atoms with van der Waals surface area (Å²) in [5.74, 6) is 0.920. The number of hydrogen-bond acceptors (Lipinski definition) is 3. The Hall–Kier alpha value is -1.87. The molecule has 3 heteroatoms. The molecule has 3 nitrogen and oxygen atoms in total.